The minimum atomic E-state index is -1.05. The Hall–Kier alpha value is -1.63. The second kappa shape index (κ2) is 6.19. The summed E-state index contributed by atoms with van der Waals surface area (Å²) in [5.41, 5.74) is 5.23. The summed E-state index contributed by atoms with van der Waals surface area (Å²) >= 11 is 0. The predicted octanol–water partition coefficient (Wildman–Crippen LogP) is -1.32. The molecule has 0 saturated heterocycles. The van der Waals surface area contributed by atoms with Crippen LogP contribution in [-0.2, 0) is 9.59 Å². The van der Waals surface area contributed by atoms with E-state index in [1.165, 1.54) is 0 Å². The summed E-state index contributed by atoms with van der Waals surface area (Å²) in [5, 5.41) is 14.4. The van der Waals surface area contributed by atoms with E-state index >= 15 is 0 Å². The fourth-order valence-corrected chi connectivity index (χ4v) is 1.62. The van der Waals surface area contributed by atoms with E-state index in [9.17, 15) is 9.59 Å². The van der Waals surface area contributed by atoms with Crippen LogP contribution in [0, 0.1) is 0 Å². The van der Waals surface area contributed by atoms with Gasteiger partial charge in [0, 0.05) is 25.4 Å². The quantitative estimate of drug-likeness (QED) is 0.461. The van der Waals surface area contributed by atoms with Crippen molar-refractivity contribution in [3.8, 4) is 0 Å². The van der Waals surface area contributed by atoms with Gasteiger partial charge < -0.3 is 21.5 Å². The number of nitrogens with two attached hydrogens (primary N) is 1. The smallest absolute Gasteiger partial charge is 0.326 e. The van der Waals surface area contributed by atoms with Crippen molar-refractivity contribution < 1.29 is 14.7 Å². The third-order valence-corrected chi connectivity index (χ3v) is 2.66. The first kappa shape index (κ1) is 13.4. The van der Waals surface area contributed by atoms with Crippen molar-refractivity contribution in [2.75, 3.05) is 6.54 Å². The summed E-state index contributed by atoms with van der Waals surface area (Å²) in [5.74, 6) is -1.40. The molecule has 0 aromatic carbocycles. The molecule has 1 rings (SSSR count). The fraction of sp³-hybridized carbons (Fsp3) is 0.700. The van der Waals surface area contributed by atoms with Crippen LogP contribution in [0.2, 0.25) is 0 Å². The molecule has 1 aliphatic rings. The second-order valence-corrected chi connectivity index (χ2v) is 4.03. The lowest BCUT2D eigenvalue weighted by molar-refractivity contribution is -0.142. The number of carbonyl (C=O) groups excluding carboxylic acids is 1. The van der Waals surface area contributed by atoms with Gasteiger partial charge in [0.1, 0.15) is 6.04 Å². The van der Waals surface area contributed by atoms with Crippen LogP contribution in [0.1, 0.15) is 19.8 Å². The van der Waals surface area contributed by atoms with Gasteiger partial charge in [0.25, 0.3) is 0 Å². The lowest BCUT2D eigenvalue weighted by Crippen LogP contribution is -2.45. The van der Waals surface area contributed by atoms with E-state index in [0.29, 0.717) is 0 Å². The molecule has 0 aromatic heterocycles. The third kappa shape index (κ3) is 4.03. The highest BCUT2D eigenvalue weighted by molar-refractivity contribution is 5.83. The Morgan fingerprint density at radius 2 is 2.35 bits per heavy atom. The molecule has 96 valence electrons. The molecule has 0 saturated carbocycles. The van der Waals surface area contributed by atoms with Crippen molar-refractivity contribution in [1.29, 1.82) is 0 Å². The van der Waals surface area contributed by atoms with E-state index in [4.69, 9.17) is 10.8 Å². The molecule has 3 atom stereocenters. The van der Waals surface area contributed by atoms with E-state index in [-0.39, 0.29) is 37.4 Å². The molecule has 0 bridgehead atoms. The Morgan fingerprint density at radius 3 is 2.82 bits per heavy atom. The number of rotatable bonds is 6. The molecule has 1 amide bonds. The van der Waals surface area contributed by atoms with Crippen LogP contribution in [0.3, 0.4) is 0 Å². The first-order valence-electron chi connectivity index (χ1n) is 5.54. The maximum atomic E-state index is 11.3. The molecule has 0 spiro atoms. The Balaban J connectivity index is 2.51. The Labute approximate surface area is 99.5 Å². The first-order valence-corrected chi connectivity index (χ1v) is 5.54. The largest absolute Gasteiger partial charge is 0.480 e. The molecule has 5 N–H and O–H groups in total. The number of hydrogen-bond donors (Lipinski definition) is 4. The van der Waals surface area contributed by atoms with Gasteiger partial charge in [0.2, 0.25) is 5.91 Å². The van der Waals surface area contributed by atoms with Crippen LogP contribution in [0.4, 0.5) is 0 Å². The standard InChI is InChI=1S/C10H18N4O3/c1-6-7(13-5-12-6)4-8(10(16)17)14-9(15)2-3-11/h5-8H,2-4,11H2,1H3,(H,12,13)(H,14,15)(H,16,17)/t6?,7?,8-/m0/s1. The van der Waals surface area contributed by atoms with E-state index in [1.807, 2.05) is 6.92 Å². The molecule has 0 fully saturated rings. The normalized spacial score (nSPS) is 24.1. The number of aliphatic carboxylic acids is 1. The molecular weight excluding hydrogens is 224 g/mol. The van der Waals surface area contributed by atoms with Crippen LogP contribution in [0.25, 0.3) is 0 Å². The number of aliphatic imine (C=N–C) groups is 1. The third-order valence-electron chi connectivity index (χ3n) is 2.66. The predicted molar refractivity (Wildman–Crippen MR) is 62.7 cm³/mol. The van der Waals surface area contributed by atoms with Gasteiger partial charge in [-0.15, -0.1) is 0 Å². The van der Waals surface area contributed by atoms with Gasteiger partial charge in [-0.05, 0) is 6.92 Å². The van der Waals surface area contributed by atoms with Crippen molar-refractivity contribution in [3.05, 3.63) is 0 Å². The van der Waals surface area contributed by atoms with Crippen molar-refractivity contribution in [2.24, 2.45) is 10.7 Å². The van der Waals surface area contributed by atoms with Crippen LogP contribution in [0.5, 0.6) is 0 Å². The van der Waals surface area contributed by atoms with Gasteiger partial charge in [0.05, 0.1) is 12.4 Å². The van der Waals surface area contributed by atoms with E-state index in [1.54, 1.807) is 6.34 Å². The van der Waals surface area contributed by atoms with Gasteiger partial charge in [-0.3, -0.25) is 9.79 Å². The van der Waals surface area contributed by atoms with E-state index < -0.39 is 12.0 Å². The number of carboxylic acid groups (broad SMARTS) is 1. The number of hydrogen-bond acceptors (Lipinski definition) is 5. The highest BCUT2D eigenvalue weighted by Gasteiger charge is 2.28. The molecule has 17 heavy (non-hydrogen) atoms. The first-order chi connectivity index (χ1) is 8.04. The molecule has 7 heteroatoms. The lowest BCUT2D eigenvalue weighted by atomic mass is 10.0. The summed E-state index contributed by atoms with van der Waals surface area (Å²) < 4.78 is 0. The topological polar surface area (TPSA) is 117 Å². The number of nitrogens with one attached hydrogen (secondary N) is 2. The van der Waals surface area contributed by atoms with Crippen LogP contribution < -0.4 is 16.4 Å². The summed E-state index contributed by atoms with van der Waals surface area (Å²) in [4.78, 5) is 26.4. The fourth-order valence-electron chi connectivity index (χ4n) is 1.62. The summed E-state index contributed by atoms with van der Waals surface area (Å²) in [6.45, 7) is 2.12. The molecular formula is C10H18N4O3. The van der Waals surface area contributed by atoms with Crippen LogP contribution in [0.15, 0.2) is 4.99 Å². The zero-order chi connectivity index (χ0) is 12.8. The maximum Gasteiger partial charge on any atom is 0.326 e. The highest BCUT2D eigenvalue weighted by Crippen LogP contribution is 2.11. The molecule has 1 aliphatic heterocycles. The number of carbonyl (C=O) groups is 2. The van der Waals surface area contributed by atoms with Gasteiger partial charge in [0.15, 0.2) is 0 Å². The Kier molecular flexibility index (Phi) is 4.89. The summed E-state index contributed by atoms with van der Waals surface area (Å²) in [6, 6.07) is -0.962. The van der Waals surface area contributed by atoms with Crippen molar-refractivity contribution in [3.63, 3.8) is 0 Å². The van der Waals surface area contributed by atoms with E-state index in [0.717, 1.165) is 0 Å². The zero-order valence-corrected chi connectivity index (χ0v) is 9.72. The van der Waals surface area contributed by atoms with Gasteiger partial charge in [-0.1, -0.05) is 0 Å². The number of nitrogens with zero attached hydrogens (tertiary/aromatic N) is 1. The number of amides is 1. The molecule has 7 nitrogen and oxygen atoms in total. The van der Waals surface area contributed by atoms with Gasteiger partial charge in [-0.2, -0.15) is 0 Å². The molecule has 1 heterocycles. The van der Waals surface area contributed by atoms with Gasteiger partial charge >= 0.3 is 5.97 Å². The van der Waals surface area contributed by atoms with Crippen molar-refractivity contribution >= 4 is 18.2 Å². The molecule has 0 aliphatic carbocycles. The minimum absolute atomic E-state index is 0.0864. The lowest BCUT2D eigenvalue weighted by Gasteiger charge is -2.19. The van der Waals surface area contributed by atoms with E-state index in [2.05, 4.69) is 15.6 Å². The van der Waals surface area contributed by atoms with Crippen molar-refractivity contribution in [1.82, 2.24) is 10.6 Å². The highest BCUT2D eigenvalue weighted by atomic mass is 16.4. The molecule has 2 unspecified atom stereocenters. The minimum Gasteiger partial charge on any atom is -0.480 e. The number of carboxylic acids is 1. The maximum absolute atomic E-state index is 11.3. The summed E-state index contributed by atoms with van der Waals surface area (Å²) in [7, 11) is 0. The van der Waals surface area contributed by atoms with Crippen molar-refractivity contribution in [2.45, 2.75) is 37.9 Å². The SMILES string of the molecule is CC1NC=NC1C[C@H](NC(=O)CCN)C(=O)O. The van der Waals surface area contributed by atoms with Gasteiger partial charge in [-0.25, -0.2) is 4.79 Å². The van der Waals surface area contributed by atoms with Crippen LogP contribution in [-0.4, -0.2) is 48.0 Å². The Bertz CT molecular complexity index is 319. The summed E-state index contributed by atoms with van der Waals surface area (Å²) in [6.07, 6.45) is 1.97. The Morgan fingerprint density at radius 1 is 1.65 bits per heavy atom. The second-order valence-electron chi connectivity index (χ2n) is 4.03. The average molecular weight is 242 g/mol. The van der Waals surface area contributed by atoms with Crippen LogP contribution >= 0.6 is 0 Å². The monoisotopic (exact) mass is 242 g/mol. The average Bonchev–Trinajstić information content (AvgIpc) is 2.63. The molecule has 0 aromatic rings. The zero-order valence-electron chi connectivity index (χ0n) is 9.72. The molecule has 0 radical (unpaired) electrons.